The molecule has 104 valence electrons. The van der Waals surface area contributed by atoms with Crippen LogP contribution in [-0.2, 0) is 4.79 Å². The van der Waals surface area contributed by atoms with Crippen molar-refractivity contribution in [2.24, 2.45) is 5.92 Å². The molecule has 4 heteroatoms. The van der Waals surface area contributed by atoms with Crippen LogP contribution in [0.5, 0.6) is 0 Å². The van der Waals surface area contributed by atoms with Crippen LogP contribution in [0.3, 0.4) is 0 Å². The van der Waals surface area contributed by atoms with Crippen LogP contribution in [0.1, 0.15) is 12.8 Å². The van der Waals surface area contributed by atoms with Gasteiger partial charge in [0.1, 0.15) is 0 Å². The molecule has 0 spiro atoms. The Morgan fingerprint density at radius 2 is 2.05 bits per heavy atom. The lowest BCUT2D eigenvalue weighted by molar-refractivity contribution is -0.116. The van der Waals surface area contributed by atoms with Gasteiger partial charge in [0.25, 0.3) is 0 Å². The number of anilines is 1. The summed E-state index contributed by atoms with van der Waals surface area (Å²) in [6, 6.07) is 12.0. The van der Waals surface area contributed by atoms with Crippen molar-refractivity contribution in [2.45, 2.75) is 12.8 Å². The van der Waals surface area contributed by atoms with E-state index in [0.717, 1.165) is 40.4 Å². The minimum Gasteiger partial charge on any atom is -0.326 e. The van der Waals surface area contributed by atoms with Gasteiger partial charge in [-0.25, -0.2) is 0 Å². The fraction of sp³-hybridized carbons (Fsp3) is 0.312. The Labute approximate surface area is 126 Å². The summed E-state index contributed by atoms with van der Waals surface area (Å²) in [5.74, 6) is 0.572. The van der Waals surface area contributed by atoms with E-state index in [0.29, 0.717) is 12.3 Å². The normalized spacial score (nSPS) is 18.4. The molecule has 1 amide bonds. The van der Waals surface area contributed by atoms with Gasteiger partial charge in [-0.2, -0.15) is 0 Å². The van der Waals surface area contributed by atoms with E-state index in [9.17, 15) is 4.79 Å². The first-order valence-corrected chi connectivity index (χ1v) is 7.71. The molecular weight excluding hydrogens is 316 g/mol. The molecule has 1 aliphatic heterocycles. The second-order valence-electron chi connectivity index (χ2n) is 5.25. The molecule has 3 nitrogen and oxygen atoms in total. The van der Waals surface area contributed by atoms with Gasteiger partial charge in [0.05, 0.1) is 0 Å². The summed E-state index contributed by atoms with van der Waals surface area (Å²) >= 11 is 3.55. The molecule has 0 radical (unpaired) electrons. The fourth-order valence-corrected chi connectivity index (χ4v) is 3.20. The minimum atomic E-state index is 0.103. The lowest BCUT2D eigenvalue weighted by Gasteiger charge is -2.12. The van der Waals surface area contributed by atoms with Gasteiger partial charge in [0.2, 0.25) is 5.91 Å². The first-order chi connectivity index (χ1) is 9.74. The Morgan fingerprint density at radius 1 is 1.25 bits per heavy atom. The summed E-state index contributed by atoms with van der Waals surface area (Å²) in [5.41, 5.74) is 0.889. The Balaban J connectivity index is 1.80. The number of amides is 1. The number of fused-ring (bicyclic) bond motifs is 1. The molecule has 0 saturated carbocycles. The highest BCUT2D eigenvalue weighted by molar-refractivity contribution is 9.10. The van der Waals surface area contributed by atoms with Gasteiger partial charge in [-0.15, -0.1) is 0 Å². The van der Waals surface area contributed by atoms with Crippen LogP contribution in [0.2, 0.25) is 0 Å². The second kappa shape index (κ2) is 5.94. The Morgan fingerprint density at radius 3 is 2.80 bits per heavy atom. The maximum absolute atomic E-state index is 12.1. The van der Waals surface area contributed by atoms with Crippen molar-refractivity contribution in [3.05, 3.63) is 40.9 Å². The van der Waals surface area contributed by atoms with Gasteiger partial charge in [0, 0.05) is 22.0 Å². The van der Waals surface area contributed by atoms with E-state index in [1.165, 1.54) is 0 Å². The molecule has 2 N–H and O–H groups in total. The van der Waals surface area contributed by atoms with E-state index in [1.807, 2.05) is 30.3 Å². The number of hydrogen-bond donors (Lipinski definition) is 2. The predicted molar refractivity (Wildman–Crippen MR) is 85.9 cm³/mol. The standard InChI is InChI=1S/C16H17BrN2O/c17-14-5-6-15(13-4-2-1-3-12(13)14)19-16(20)9-11-7-8-18-10-11/h1-6,11,18H,7-10H2,(H,19,20). The lowest BCUT2D eigenvalue weighted by Crippen LogP contribution is -2.18. The largest absolute Gasteiger partial charge is 0.326 e. The zero-order chi connectivity index (χ0) is 13.9. The molecule has 0 aliphatic carbocycles. The smallest absolute Gasteiger partial charge is 0.224 e. The monoisotopic (exact) mass is 332 g/mol. The number of hydrogen-bond acceptors (Lipinski definition) is 2. The Kier molecular flexibility index (Phi) is 4.03. The SMILES string of the molecule is O=C(CC1CCNC1)Nc1ccc(Br)c2ccccc12. The molecule has 0 aromatic heterocycles. The molecule has 3 rings (SSSR count). The summed E-state index contributed by atoms with van der Waals surface area (Å²) < 4.78 is 1.05. The summed E-state index contributed by atoms with van der Waals surface area (Å²) in [5, 5.41) is 8.53. The van der Waals surface area contributed by atoms with Crippen molar-refractivity contribution >= 4 is 38.3 Å². The highest BCUT2D eigenvalue weighted by Crippen LogP contribution is 2.30. The van der Waals surface area contributed by atoms with Gasteiger partial charge in [0.15, 0.2) is 0 Å². The molecule has 1 unspecified atom stereocenters. The number of benzene rings is 2. The van der Waals surface area contributed by atoms with Crippen LogP contribution in [0.15, 0.2) is 40.9 Å². The summed E-state index contributed by atoms with van der Waals surface area (Å²) in [6.07, 6.45) is 1.69. The van der Waals surface area contributed by atoms with Crippen LogP contribution in [0.4, 0.5) is 5.69 Å². The van der Waals surface area contributed by atoms with Crippen molar-refractivity contribution in [2.75, 3.05) is 18.4 Å². The lowest BCUT2D eigenvalue weighted by atomic mass is 10.0. The third-order valence-electron chi connectivity index (χ3n) is 3.78. The van der Waals surface area contributed by atoms with Crippen molar-refractivity contribution in [3.63, 3.8) is 0 Å². The third kappa shape index (κ3) is 2.86. The second-order valence-corrected chi connectivity index (χ2v) is 6.11. The van der Waals surface area contributed by atoms with Crippen molar-refractivity contribution in [1.82, 2.24) is 5.32 Å². The van der Waals surface area contributed by atoms with Crippen LogP contribution in [0.25, 0.3) is 10.8 Å². The van der Waals surface area contributed by atoms with Crippen molar-refractivity contribution in [1.29, 1.82) is 0 Å². The molecule has 0 bridgehead atoms. The maximum Gasteiger partial charge on any atom is 0.224 e. The van der Waals surface area contributed by atoms with Gasteiger partial charge in [-0.3, -0.25) is 4.79 Å². The molecule has 1 fully saturated rings. The number of carbonyl (C=O) groups is 1. The van der Waals surface area contributed by atoms with Gasteiger partial charge < -0.3 is 10.6 Å². The van der Waals surface area contributed by atoms with Crippen molar-refractivity contribution in [3.8, 4) is 0 Å². The predicted octanol–water partition coefficient (Wildman–Crippen LogP) is 3.54. The average Bonchev–Trinajstić information content (AvgIpc) is 2.95. The number of nitrogens with one attached hydrogen (secondary N) is 2. The molecule has 1 saturated heterocycles. The molecule has 2 aromatic rings. The topological polar surface area (TPSA) is 41.1 Å². The minimum absolute atomic E-state index is 0.103. The molecular formula is C16H17BrN2O. The zero-order valence-electron chi connectivity index (χ0n) is 11.2. The summed E-state index contributed by atoms with van der Waals surface area (Å²) in [6.45, 7) is 1.98. The van der Waals surface area contributed by atoms with Crippen LogP contribution >= 0.6 is 15.9 Å². The van der Waals surface area contributed by atoms with Crippen LogP contribution in [-0.4, -0.2) is 19.0 Å². The van der Waals surface area contributed by atoms with E-state index < -0.39 is 0 Å². The highest BCUT2D eigenvalue weighted by atomic mass is 79.9. The summed E-state index contributed by atoms with van der Waals surface area (Å²) in [4.78, 5) is 12.1. The molecule has 20 heavy (non-hydrogen) atoms. The maximum atomic E-state index is 12.1. The Hall–Kier alpha value is -1.39. The van der Waals surface area contributed by atoms with Gasteiger partial charge in [-0.05, 0) is 42.9 Å². The highest BCUT2D eigenvalue weighted by Gasteiger charge is 2.18. The first kappa shape index (κ1) is 13.6. The number of carbonyl (C=O) groups excluding carboxylic acids is 1. The first-order valence-electron chi connectivity index (χ1n) is 6.92. The molecule has 1 heterocycles. The average molecular weight is 333 g/mol. The number of rotatable bonds is 3. The quantitative estimate of drug-likeness (QED) is 0.902. The Bertz CT molecular complexity index is 635. The van der Waals surface area contributed by atoms with Gasteiger partial charge in [-0.1, -0.05) is 40.2 Å². The van der Waals surface area contributed by atoms with E-state index in [4.69, 9.17) is 0 Å². The van der Waals surface area contributed by atoms with E-state index >= 15 is 0 Å². The van der Waals surface area contributed by atoms with E-state index in [2.05, 4.69) is 32.6 Å². The zero-order valence-corrected chi connectivity index (χ0v) is 12.7. The molecule has 1 atom stereocenters. The van der Waals surface area contributed by atoms with Crippen LogP contribution in [0, 0.1) is 5.92 Å². The van der Waals surface area contributed by atoms with Crippen molar-refractivity contribution < 1.29 is 4.79 Å². The van der Waals surface area contributed by atoms with Crippen LogP contribution < -0.4 is 10.6 Å². The fourth-order valence-electron chi connectivity index (χ4n) is 2.72. The third-order valence-corrected chi connectivity index (χ3v) is 4.47. The molecule has 1 aliphatic rings. The number of halogens is 1. The van der Waals surface area contributed by atoms with Gasteiger partial charge >= 0.3 is 0 Å². The van der Waals surface area contributed by atoms with E-state index in [-0.39, 0.29) is 5.91 Å². The molecule has 2 aromatic carbocycles. The van der Waals surface area contributed by atoms with E-state index in [1.54, 1.807) is 0 Å². The summed E-state index contributed by atoms with van der Waals surface area (Å²) in [7, 11) is 0.